The Morgan fingerprint density at radius 1 is 1.32 bits per heavy atom. The van der Waals surface area contributed by atoms with Crippen molar-refractivity contribution in [2.24, 2.45) is 11.1 Å². The Hall–Kier alpha value is -1.48. The van der Waals surface area contributed by atoms with Crippen molar-refractivity contribution in [2.45, 2.75) is 26.2 Å². The van der Waals surface area contributed by atoms with Crippen molar-refractivity contribution in [3.63, 3.8) is 0 Å². The molecule has 2 aromatic rings. The number of rotatable bonds is 4. The van der Waals surface area contributed by atoms with E-state index in [0.717, 1.165) is 13.1 Å². The SMILES string of the molecule is Cc1[nH]c2ccccc2c1N(C)CC1(CN)CCC1. The summed E-state index contributed by atoms with van der Waals surface area (Å²) in [5, 5.41) is 1.31. The van der Waals surface area contributed by atoms with Gasteiger partial charge in [0.25, 0.3) is 0 Å². The third kappa shape index (κ3) is 2.02. The fraction of sp³-hybridized carbons (Fsp3) is 0.500. The second-order valence-corrected chi connectivity index (χ2v) is 6.06. The van der Waals surface area contributed by atoms with E-state index in [1.54, 1.807) is 0 Å². The molecule has 1 fully saturated rings. The number of nitrogens with two attached hydrogens (primary N) is 1. The van der Waals surface area contributed by atoms with E-state index in [2.05, 4.69) is 48.1 Å². The highest BCUT2D eigenvalue weighted by Crippen LogP contribution is 2.42. The van der Waals surface area contributed by atoms with Crippen molar-refractivity contribution in [3.8, 4) is 0 Å². The van der Waals surface area contributed by atoms with E-state index in [9.17, 15) is 0 Å². The summed E-state index contributed by atoms with van der Waals surface area (Å²) in [5.41, 5.74) is 10.1. The summed E-state index contributed by atoms with van der Waals surface area (Å²) >= 11 is 0. The molecule has 0 radical (unpaired) electrons. The van der Waals surface area contributed by atoms with Crippen molar-refractivity contribution < 1.29 is 0 Å². The fourth-order valence-electron chi connectivity index (χ4n) is 3.44. The molecule has 1 aromatic heterocycles. The molecular weight excluding hydrogens is 234 g/mol. The van der Waals surface area contributed by atoms with Crippen LogP contribution in [0.2, 0.25) is 0 Å². The number of aromatic amines is 1. The third-order valence-electron chi connectivity index (χ3n) is 4.66. The van der Waals surface area contributed by atoms with Crippen LogP contribution in [-0.4, -0.2) is 25.1 Å². The van der Waals surface area contributed by atoms with Gasteiger partial charge in [0.15, 0.2) is 0 Å². The number of nitrogens with one attached hydrogen (secondary N) is 1. The van der Waals surface area contributed by atoms with E-state index in [-0.39, 0.29) is 0 Å². The second-order valence-electron chi connectivity index (χ2n) is 6.06. The lowest BCUT2D eigenvalue weighted by Crippen LogP contribution is -2.46. The second kappa shape index (κ2) is 4.57. The maximum absolute atomic E-state index is 5.99. The van der Waals surface area contributed by atoms with Gasteiger partial charge in [0.1, 0.15) is 0 Å². The highest BCUT2D eigenvalue weighted by Gasteiger charge is 2.37. The van der Waals surface area contributed by atoms with Gasteiger partial charge >= 0.3 is 0 Å². The topological polar surface area (TPSA) is 45.0 Å². The number of aryl methyl sites for hydroxylation is 1. The maximum Gasteiger partial charge on any atom is 0.0651 e. The van der Waals surface area contributed by atoms with Gasteiger partial charge in [0, 0.05) is 35.6 Å². The molecule has 0 saturated heterocycles. The molecular formula is C16H23N3. The van der Waals surface area contributed by atoms with Crippen LogP contribution in [0.3, 0.4) is 0 Å². The fourth-order valence-corrected chi connectivity index (χ4v) is 3.44. The highest BCUT2D eigenvalue weighted by atomic mass is 15.1. The zero-order valence-electron chi connectivity index (χ0n) is 11.9. The Bertz CT molecular complexity index is 575. The van der Waals surface area contributed by atoms with Gasteiger partial charge in [0.2, 0.25) is 0 Å². The van der Waals surface area contributed by atoms with Crippen LogP contribution in [0, 0.1) is 12.3 Å². The van der Waals surface area contributed by atoms with Crippen LogP contribution in [-0.2, 0) is 0 Å². The number of fused-ring (bicyclic) bond motifs is 1. The first-order valence-electron chi connectivity index (χ1n) is 7.14. The van der Waals surface area contributed by atoms with Crippen molar-refractivity contribution in [1.82, 2.24) is 4.98 Å². The normalized spacial score (nSPS) is 17.4. The minimum absolute atomic E-state index is 0.347. The average Bonchev–Trinajstić information content (AvgIpc) is 2.69. The number of benzene rings is 1. The van der Waals surface area contributed by atoms with Crippen molar-refractivity contribution in [3.05, 3.63) is 30.0 Å². The molecule has 0 amide bonds. The molecule has 0 unspecified atom stereocenters. The molecule has 1 heterocycles. The molecule has 0 atom stereocenters. The van der Waals surface area contributed by atoms with E-state index in [4.69, 9.17) is 5.73 Å². The summed E-state index contributed by atoms with van der Waals surface area (Å²) in [4.78, 5) is 5.86. The minimum Gasteiger partial charge on any atom is -0.372 e. The predicted molar refractivity (Wildman–Crippen MR) is 81.6 cm³/mol. The van der Waals surface area contributed by atoms with Crippen LogP contribution in [0.5, 0.6) is 0 Å². The largest absolute Gasteiger partial charge is 0.372 e. The summed E-state index contributed by atoms with van der Waals surface area (Å²) in [6.45, 7) is 4.02. The highest BCUT2D eigenvalue weighted by molar-refractivity contribution is 5.94. The van der Waals surface area contributed by atoms with E-state index in [1.807, 2.05) is 0 Å². The molecule has 0 aliphatic heterocycles. The monoisotopic (exact) mass is 257 g/mol. The molecule has 0 bridgehead atoms. The Kier molecular flexibility index (Phi) is 3.02. The first-order chi connectivity index (χ1) is 9.15. The van der Waals surface area contributed by atoms with Crippen molar-refractivity contribution >= 4 is 16.6 Å². The number of anilines is 1. The summed E-state index contributed by atoms with van der Waals surface area (Å²) in [6, 6.07) is 8.52. The smallest absolute Gasteiger partial charge is 0.0651 e. The standard InChI is InChI=1S/C16H23N3/c1-12-15(13-6-3-4-7-14(13)18-12)19(2)11-16(10-17)8-5-9-16/h3-4,6-7,18H,5,8-11,17H2,1-2H3. The average molecular weight is 257 g/mol. The molecule has 3 rings (SSSR count). The van der Waals surface area contributed by atoms with Crippen LogP contribution in [0.4, 0.5) is 5.69 Å². The Morgan fingerprint density at radius 3 is 2.68 bits per heavy atom. The number of H-pyrrole nitrogens is 1. The number of hydrogen-bond acceptors (Lipinski definition) is 2. The Labute approximate surface area is 114 Å². The van der Waals surface area contributed by atoms with Crippen LogP contribution < -0.4 is 10.6 Å². The Balaban J connectivity index is 1.93. The number of hydrogen-bond donors (Lipinski definition) is 2. The van der Waals surface area contributed by atoms with Crippen molar-refractivity contribution in [1.29, 1.82) is 0 Å². The number of para-hydroxylation sites is 1. The van der Waals surface area contributed by atoms with E-state index >= 15 is 0 Å². The summed E-state index contributed by atoms with van der Waals surface area (Å²) in [6.07, 6.45) is 3.88. The lowest BCUT2D eigenvalue weighted by Gasteiger charge is -2.44. The summed E-state index contributed by atoms with van der Waals surface area (Å²) in [7, 11) is 2.19. The molecule has 3 nitrogen and oxygen atoms in total. The van der Waals surface area contributed by atoms with E-state index in [0.29, 0.717) is 5.41 Å². The van der Waals surface area contributed by atoms with Gasteiger partial charge in [-0.25, -0.2) is 0 Å². The van der Waals surface area contributed by atoms with Gasteiger partial charge in [0.05, 0.1) is 5.69 Å². The van der Waals surface area contributed by atoms with E-state index < -0.39 is 0 Å². The first-order valence-corrected chi connectivity index (χ1v) is 7.14. The van der Waals surface area contributed by atoms with E-state index in [1.165, 1.54) is 41.5 Å². The molecule has 1 aliphatic carbocycles. The minimum atomic E-state index is 0.347. The molecule has 1 aromatic carbocycles. The molecule has 3 N–H and O–H groups in total. The van der Waals surface area contributed by atoms with Gasteiger partial charge in [-0.1, -0.05) is 24.6 Å². The lowest BCUT2D eigenvalue weighted by molar-refractivity contribution is 0.154. The zero-order valence-corrected chi connectivity index (χ0v) is 11.9. The maximum atomic E-state index is 5.99. The molecule has 0 spiro atoms. The van der Waals surface area contributed by atoms with Gasteiger partial charge in [-0.05, 0) is 32.4 Å². The molecule has 3 heteroatoms. The molecule has 1 saturated carbocycles. The van der Waals surface area contributed by atoms with Crippen molar-refractivity contribution in [2.75, 3.05) is 25.0 Å². The lowest BCUT2D eigenvalue weighted by atomic mass is 9.68. The Morgan fingerprint density at radius 2 is 2.05 bits per heavy atom. The summed E-state index contributed by atoms with van der Waals surface area (Å²) in [5.74, 6) is 0. The molecule has 102 valence electrons. The number of aromatic nitrogens is 1. The number of nitrogens with zero attached hydrogens (tertiary/aromatic N) is 1. The van der Waals surface area contributed by atoms with Crippen LogP contribution in [0.15, 0.2) is 24.3 Å². The van der Waals surface area contributed by atoms with Crippen LogP contribution in [0.25, 0.3) is 10.9 Å². The van der Waals surface area contributed by atoms with Gasteiger partial charge in [-0.3, -0.25) is 0 Å². The third-order valence-corrected chi connectivity index (χ3v) is 4.66. The first kappa shape index (κ1) is 12.5. The van der Waals surface area contributed by atoms with Crippen LogP contribution >= 0.6 is 0 Å². The molecule has 19 heavy (non-hydrogen) atoms. The van der Waals surface area contributed by atoms with Gasteiger partial charge in [-0.15, -0.1) is 0 Å². The van der Waals surface area contributed by atoms with Crippen LogP contribution in [0.1, 0.15) is 25.0 Å². The quantitative estimate of drug-likeness (QED) is 0.884. The zero-order chi connectivity index (χ0) is 13.5. The van der Waals surface area contributed by atoms with Gasteiger partial charge < -0.3 is 15.6 Å². The summed E-state index contributed by atoms with van der Waals surface area (Å²) < 4.78 is 0. The van der Waals surface area contributed by atoms with Gasteiger partial charge in [-0.2, -0.15) is 0 Å². The molecule has 1 aliphatic rings. The predicted octanol–water partition coefficient (Wildman–Crippen LogP) is 3.04.